The van der Waals surface area contributed by atoms with Crippen LogP contribution in [-0.4, -0.2) is 31.7 Å². The second kappa shape index (κ2) is 6.05. The van der Waals surface area contributed by atoms with Gasteiger partial charge in [-0.1, -0.05) is 13.3 Å². The summed E-state index contributed by atoms with van der Waals surface area (Å²) in [6.07, 6.45) is 6.05. The lowest BCUT2D eigenvalue weighted by Gasteiger charge is -2.13. The number of aromatic nitrogens is 4. The van der Waals surface area contributed by atoms with Crippen LogP contribution in [-0.2, 0) is 4.79 Å². The van der Waals surface area contributed by atoms with Crippen LogP contribution >= 0.6 is 0 Å². The van der Waals surface area contributed by atoms with Gasteiger partial charge in [-0.15, -0.1) is 0 Å². The Kier molecular flexibility index (Phi) is 4.19. The summed E-state index contributed by atoms with van der Waals surface area (Å²) in [6, 6.07) is 2.97. The summed E-state index contributed by atoms with van der Waals surface area (Å²) in [5, 5.41) is 6.76. The molecule has 0 radical (unpaired) electrons. The molecule has 19 heavy (non-hydrogen) atoms. The van der Waals surface area contributed by atoms with Crippen LogP contribution in [0.3, 0.4) is 0 Å². The van der Waals surface area contributed by atoms with E-state index in [1.807, 2.05) is 6.92 Å². The molecule has 3 N–H and O–H groups in total. The molecule has 1 amide bonds. The Morgan fingerprint density at radius 1 is 1.58 bits per heavy atom. The zero-order valence-corrected chi connectivity index (χ0v) is 10.7. The lowest BCUT2D eigenvalue weighted by atomic mass is 10.1. The Bertz CT molecular complexity index is 539. The van der Waals surface area contributed by atoms with Gasteiger partial charge in [0.2, 0.25) is 5.91 Å². The van der Waals surface area contributed by atoms with Gasteiger partial charge in [0, 0.05) is 6.20 Å². The highest BCUT2D eigenvalue weighted by atomic mass is 16.2. The van der Waals surface area contributed by atoms with Crippen molar-refractivity contribution in [3.63, 3.8) is 0 Å². The molecule has 1 unspecified atom stereocenters. The molecule has 0 aliphatic carbocycles. The van der Waals surface area contributed by atoms with Crippen molar-refractivity contribution in [2.24, 2.45) is 5.73 Å². The first-order valence-corrected chi connectivity index (χ1v) is 6.09. The van der Waals surface area contributed by atoms with E-state index in [0.717, 1.165) is 6.42 Å². The normalized spacial score (nSPS) is 12.1. The number of nitrogens with two attached hydrogens (primary N) is 1. The molecule has 7 heteroatoms. The van der Waals surface area contributed by atoms with Gasteiger partial charge in [-0.25, -0.2) is 14.6 Å². The fourth-order valence-corrected chi connectivity index (χ4v) is 1.66. The van der Waals surface area contributed by atoms with Crippen molar-refractivity contribution in [2.45, 2.75) is 25.8 Å². The minimum absolute atomic E-state index is 0.226. The van der Waals surface area contributed by atoms with Gasteiger partial charge < -0.3 is 11.1 Å². The van der Waals surface area contributed by atoms with Crippen molar-refractivity contribution in [1.29, 1.82) is 0 Å². The van der Waals surface area contributed by atoms with Gasteiger partial charge in [-0.3, -0.25) is 4.79 Å². The topological polar surface area (TPSA) is 98.7 Å². The summed E-state index contributed by atoms with van der Waals surface area (Å²) < 4.78 is 1.49. The average Bonchev–Trinajstić information content (AvgIpc) is 2.93. The van der Waals surface area contributed by atoms with E-state index in [4.69, 9.17) is 5.73 Å². The summed E-state index contributed by atoms with van der Waals surface area (Å²) in [7, 11) is 0. The van der Waals surface area contributed by atoms with Crippen molar-refractivity contribution < 1.29 is 4.79 Å². The number of carbonyl (C=O) groups is 1. The Labute approximate surface area is 110 Å². The molecule has 0 spiro atoms. The molecule has 0 aliphatic rings. The first-order valence-electron chi connectivity index (χ1n) is 6.09. The maximum Gasteiger partial charge on any atom is 0.241 e. The van der Waals surface area contributed by atoms with Crippen LogP contribution in [0.2, 0.25) is 0 Å². The fraction of sp³-hybridized carbons (Fsp3) is 0.333. The van der Waals surface area contributed by atoms with E-state index in [2.05, 4.69) is 20.4 Å². The number of hydrogen-bond donors (Lipinski definition) is 2. The summed E-state index contributed by atoms with van der Waals surface area (Å²) >= 11 is 0. The first kappa shape index (κ1) is 13.2. The van der Waals surface area contributed by atoms with E-state index in [-0.39, 0.29) is 5.91 Å². The van der Waals surface area contributed by atoms with Crippen molar-refractivity contribution in [2.75, 3.05) is 5.32 Å². The van der Waals surface area contributed by atoms with Gasteiger partial charge >= 0.3 is 0 Å². The monoisotopic (exact) mass is 260 g/mol. The van der Waals surface area contributed by atoms with Crippen LogP contribution in [0.5, 0.6) is 0 Å². The summed E-state index contributed by atoms with van der Waals surface area (Å²) in [4.78, 5) is 20.0. The Balaban J connectivity index is 2.19. The third-order valence-electron chi connectivity index (χ3n) is 2.62. The maximum absolute atomic E-state index is 11.9. The van der Waals surface area contributed by atoms with Crippen molar-refractivity contribution in [3.05, 3.63) is 31.0 Å². The Hall–Kier alpha value is -2.28. The molecule has 0 fully saturated rings. The van der Waals surface area contributed by atoms with E-state index in [0.29, 0.717) is 17.9 Å². The molecule has 7 nitrogen and oxygen atoms in total. The van der Waals surface area contributed by atoms with Crippen LogP contribution in [0.15, 0.2) is 31.0 Å². The number of pyridine rings is 1. The predicted octanol–water partition coefficient (Wildman–Crippen LogP) is 0.728. The van der Waals surface area contributed by atoms with Crippen LogP contribution in [0, 0.1) is 0 Å². The van der Waals surface area contributed by atoms with Crippen LogP contribution in [0.1, 0.15) is 19.8 Å². The quantitative estimate of drug-likeness (QED) is 0.825. The number of hydrogen-bond acceptors (Lipinski definition) is 5. The molecule has 0 aliphatic heterocycles. The van der Waals surface area contributed by atoms with Gasteiger partial charge in [-0.2, -0.15) is 5.10 Å². The van der Waals surface area contributed by atoms with E-state index in [1.165, 1.54) is 17.3 Å². The number of rotatable bonds is 5. The SMILES string of the molecule is CCCC(N)C(=O)Nc1cccnc1-n1cncn1. The van der Waals surface area contributed by atoms with Crippen LogP contribution in [0.25, 0.3) is 5.82 Å². The van der Waals surface area contributed by atoms with Crippen LogP contribution < -0.4 is 11.1 Å². The molecular weight excluding hydrogens is 244 g/mol. The average molecular weight is 260 g/mol. The molecule has 0 saturated carbocycles. The van der Waals surface area contributed by atoms with E-state index < -0.39 is 6.04 Å². The summed E-state index contributed by atoms with van der Waals surface area (Å²) in [5.41, 5.74) is 6.34. The summed E-state index contributed by atoms with van der Waals surface area (Å²) in [6.45, 7) is 1.98. The number of amides is 1. The highest BCUT2D eigenvalue weighted by Gasteiger charge is 2.15. The number of anilines is 1. The molecule has 2 heterocycles. The number of carbonyl (C=O) groups excluding carboxylic acids is 1. The van der Waals surface area contributed by atoms with Crippen molar-refractivity contribution in [1.82, 2.24) is 19.7 Å². The van der Waals surface area contributed by atoms with Gasteiger partial charge in [0.05, 0.1) is 11.7 Å². The molecule has 100 valence electrons. The molecule has 2 aromatic rings. The number of nitrogens with one attached hydrogen (secondary N) is 1. The highest BCUT2D eigenvalue weighted by Crippen LogP contribution is 2.16. The highest BCUT2D eigenvalue weighted by molar-refractivity contribution is 5.95. The van der Waals surface area contributed by atoms with Crippen LogP contribution in [0.4, 0.5) is 5.69 Å². The van der Waals surface area contributed by atoms with E-state index in [1.54, 1.807) is 18.3 Å². The van der Waals surface area contributed by atoms with E-state index >= 15 is 0 Å². The fourth-order valence-electron chi connectivity index (χ4n) is 1.66. The minimum Gasteiger partial charge on any atom is -0.322 e. The lowest BCUT2D eigenvalue weighted by Crippen LogP contribution is -2.35. The first-order chi connectivity index (χ1) is 9.22. The third-order valence-corrected chi connectivity index (χ3v) is 2.62. The Morgan fingerprint density at radius 3 is 3.11 bits per heavy atom. The molecule has 0 aromatic carbocycles. The molecule has 2 aromatic heterocycles. The van der Waals surface area contributed by atoms with Gasteiger partial charge in [0.15, 0.2) is 5.82 Å². The third kappa shape index (κ3) is 3.14. The largest absolute Gasteiger partial charge is 0.322 e. The second-order valence-corrected chi connectivity index (χ2v) is 4.10. The molecule has 0 bridgehead atoms. The predicted molar refractivity (Wildman–Crippen MR) is 70.7 cm³/mol. The smallest absolute Gasteiger partial charge is 0.241 e. The molecule has 0 saturated heterocycles. The molecule has 2 rings (SSSR count). The van der Waals surface area contributed by atoms with Crippen molar-refractivity contribution in [3.8, 4) is 5.82 Å². The Morgan fingerprint density at radius 2 is 2.42 bits per heavy atom. The molecular formula is C12H16N6O. The number of nitrogens with zero attached hydrogens (tertiary/aromatic N) is 4. The standard InChI is InChI=1S/C12H16N6O/c1-2-4-9(13)12(19)17-10-5-3-6-15-11(10)18-8-14-7-16-18/h3,5-9H,2,4,13H2,1H3,(H,17,19). The minimum atomic E-state index is -0.520. The van der Waals surface area contributed by atoms with Crippen molar-refractivity contribution >= 4 is 11.6 Å². The molecule has 1 atom stereocenters. The zero-order valence-electron chi connectivity index (χ0n) is 10.7. The maximum atomic E-state index is 11.9. The lowest BCUT2D eigenvalue weighted by molar-refractivity contribution is -0.117. The van der Waals surface area contributed by atoms with E-state index in [9.17, 15) is 4.79 Å². The van der Waals surface area contributed by atoms with Gasteiger partial charge in [0.25, 0.3) is 0 Å². The van der Waals surface area contributed by atoms with Gasteiger partial charge in [-0.05, 0) is 18.6 Å². The summed E-state index contributed by atoms with van der Waals surface area (Å²) in [5.74, 6) is 0.285. The zero-order chi connectivity index (χ0) is 13.7. The van der Waals surface area contributed by atoms with Gasteiger partial charge in [0.1, 0.15) is 12.7 Å². The second-order valence-electron chi connectivity index (χ2n) is 4.10.